The van der Waals surface area contributed by atoms with Gasteiger partial charge in [0.05, 0.1) is 26.7 Å². The predicted octanol–water partition coefficient (Wildman–Crippen LogP) is 0.551. The lowest BCUT2D eigenvalue weighted by Crippen LogP contribution is -2.36. The summed E-state index contributed by atoms with van der Waals surface area (Å²) in [6, 6.07) is 5.05. The van der Waals surface area contributed by atoms with E-state index in [2.05, 4.69) is 5.32 Å². The minimum absolute atomic E-state index is 0.157. The molecule has 1 heterocycles. The normalized spacial score (nSPS) is 18.6. The number of carbonyl (C=O) groups is 2. The molecule has 0 saturated carbocycles. The summed E-state index contributed by atoms with van der Waals surface area (Å²) in [5, 5.41) is 3.09. The molecule has 0 aliphatic carbocycles. The smallest absolute Gasteiger partial charge is 0.246 e. The van der Waals surface area contributed by atoms with Gasteiger partial charge in [0, 0.05) is 19.7 Å². The van der Waals surface area contributed by atoms with Crippen molar-refractivity contribution in [2.24, 2.45) is 0 Å². The molecule has 1 unspecified atom stereocenters. The van der Waals surface area contributed by atoms with Gasteiger partial charge in [-0.05, 0) is 17.7 Å². The molecule has 6 nitrogen and oxygen atoms in total. The molecule has 0 bridgehead atoms. The van der Waals surface area contributed by atoms with Crippen LogP contribution in [0.5, 0.6) is 11.5 Å². The maximum atomic E-state index is 11.8. The van der Waals surface area contributed by atoms with Crippen LogP contribution >= 0.6 is 0 Å². The van der Waals surface area contributed by atoms with Crippen molar-refractivity contribution in [3.05, 3.63) is 23.8 Å². The third kappa shape index (κ3) is 2.91. The first kappa shape index (κ1) is 14.3. The third-order valence-corrected chi connectivity index (χ3v) is 3.35. The van der Waals surface area contributed by atoms with Crippen LogP contribution in [0, 0.1) is 0 Å². The fraction of sp³-hybridized carbons (Fsp3) is 0.429. The van der Waals surface area contributed by atoms with E-state index < -0.39 is 6.04 Å². The lowest BCUT2D eigenvalue weighted by Gasteiger charge is -2.12. The Hall–Kier alpha value is -2.08. The van der Waals surface area contributed by atoms with Crippen LogP contribution in [0.25, 0.3) is 0 Å². The second kappa shape index (κ2) is 5.92. The molecule has 1 aliphatic rings. The van der Waals surface area contributed by atoms with Crippen molar-refractivity contribution in [3.63, 3.8) is 0 Å². The SMILES string of the molecule is COc1cc(CNC2CC(=O)N(C)C2=O)cc(OC)c1. The summed E-state index contributed by atoms with van der Waals surface area (Å²) in [7, 11) is 4.67. The number of carbonyl (C=O) groups excluding carboxylic acids is 2. The van der Waals surface area contributed by atoms with Crippen molar-refractivity contribution in [2.75, 3.05) is 21.3 Å². The molecule has 1 aliphatic heterocycles. The van der Waals surface area contributed by atoms with Gasteiger partial charge in [0.25, 0.3) is 0 Å². The molecule has 1 saturated heterocycles. The van der Waals surface area contributed by atoms with Crippen molar-refractivity contribution in [1.29, 1.82) is 0 Å². The number of methoxy groups -OCH3 is 2. The second-order valence-electron chi connectivity index (χ2n) is 4.65. The van der Waals surface area contributed by atoms with Gasteiger partial charge in [-0.3, -0.25) is 14.5 Å². The van der Waals surface area contributed by atoms with E-state index in [0.717, 1.165) is 10.5 Å². The third-order valence-electron chi connectivity index (χ3n) is 3.35. The lowest BCUT2D eigenvalue weighted by atomic mass is 10.1. The standard InChI is InChI=1S/C14H18N2O4/c1-16-13(17)7-12(14(16)18)15-8-9-4-10(19-2)6-11(5-9)20-3/h4-6,12,15H,7-8H2,1-3H3. The van der Waals surface area contributed by atoms with Gasteiger partial charge >= 0.3 is 0 Å². The van der Waals surface area contributed by atoms with E-state index in [9.17, 15) is 9.59 Å². The Balaban J connectivity index is 2.04. The predicted molar refractivity (Wildman–Crippen MR) is 72.6 cm³/mol. The van der Waals surface area contributed by atoms with Gasteiger partial charge in [0.1, 0.15) is 11.5 Å². The highest BCUT2D eigenvalue weighted by atomic mass is 16.5. The molecule has 108 valence electrons. The molecule has 2 amide bonds. The van der Waals surface area contributed by atoms with Crippen molar-refractivity contribution in [3.8, 4) is 11.5 Å². The van der Waals surface area contributed by atoms with Gasteiger partial charge in [-0.1, -0.05) is 0 Å². The molecule has 0 spiro atoms. The second-order valence-corrected chi connectivity index (χ2v) is 4.65. The number of nitrogens with zero attached hydrogens (tertiary/aromatic N) is 1. The topological polar surface area (TPSA) is 67.9 Å². The van der Waals surface area contributed by atoms with E-state index in [1.165, 1.54) is 7.05 Å². The van der Waals surface area contributed by atoms with Gasteiger partial charge in [0.2, 0.25) is 11.8 Å². The molecule has 0 radical (unpaired) electrons. The maximum Gasteiger partial charge on any atom is 0.246 e. The van der Waals surface area contributed by atoms with Gasteiger partial charge in [0.15, 0.2) is 0 Å². The van der Waals surface area contributed by atoms with E-state index in [1.54, 1.807) is 20.3 Å². The number of hydrogen-bond donors (Lipinski definition) is 1. The number of amides is 2. The Bertz CT molecular complexity index is 508. The molecule has 1 fully saturated rings. The van der Waals surface area contributed by atoms with Gasteiger partial charge in [-0.15, -0.1) is 0 Å². The highest BCUT2D eigenvalue weighted by molar-refractivity contribution is 6.05. The average Bonchev–Trinajstić information content (AvgIpc) is 2.71. The quantitative estimate of drug-likeness (QED) is 0.797. The zero-order chi connectivity index (χ0) is 14.7. The van der Waals surface area contributed by atoms with E-state index in [4.69, 9.17) is 9.47 Å². The summed E-state index contributed by atoms with van der Waals surface area (Å²) in [5.41, 5.74) is 0.927. The molecule has 1 atom stereocenters. The summed E-state index contributed by atoms with van der Waals surface area (Å²) in [6.07, 6.45) is 0.205. The van der Waals surface area contributed by atoms with Crippen molar-refractivity contribution in [2.45, 2.75) is 19.0 Å². The van der Waals surface area contributed by atoms with Crippen LogP contribution in [-0.4, -0.2) is 44.0 Å². The van der Waals surface area contributed by atoms with E-state index in [-0.39, 0.29) is 18.2 Å². The molecular weight excluding hydrogens is 260 g/mol. The monoisotopic (exact) mass is 278 g/mol. The van der Waals surface area contributed by atoms with Crippen LogP contribution < -0.4 is 14.8 Å². The first-order valence-corrected chi connectivity index (χ1v) is 6.31. The fourth-order valence-corrected chi connectivity index (χ4v) is 2.12. The zero-order valence-corrected chi connectivity index (χ0v) is 11.8. The Morgan fingerprint density at radius 2 is 1.80 bits per heavy atom. The number of rotatable bonds is 5. The molecule has 1 aromatic rings. The summed E-state index contributed by atoms with van der Waals surface area (Å²) in [4.78, 5) is 24.4. The minimum atomic E-state index is -0.454. The van der Waals surface area contributed by atoms with Crippen molar-refractivity contribution >= 4 is 11.8 Å². The van der Waals surface area contributed by atoms with Crippen molar-refractivity contribution < 1.29 is 19.1 Å². The minimum Gasteiger partial charge on any atom is -0.497 e. The molecule has 6 heteroatoms. The lowest BCUT2D eigenvalue weighted by molar-refractivity contribution is -0.137. The first-order chi connectivity index (χ1) is 9.55. The number of ether oxygens (including phenoxy) is 2. The largest absolute Gasteiger partial charge is 0.497 e. The molecule has 20 heavy (non-hydrogen) atoms. The van der Waals surface area contributed by atoms with Crippen LogP contribution in [0.15, 0.2) is 18.2 Å². The summed E-state index contributed by atoms with van der Waals surface area (Å²) in [5.74, 6) is 1.03. The fourth-order valence-electron chi connectivity index (χ4n) is 2.12. The highest BCUT2D eigenvalue weighted by Crippen LogP contribution is 2.22. The summed E-state index contributed by atoms with van der Waals surface area (Å²) >= 11 is 0. The van der Waals surface area contributed by atoms with Gasteiger partial charge in [-0.25, -0.2) is 0 Å². The Kier molecular flexibility index (Phi) is 4.24. The van der Waals surface area contributed by atoms with Crippen LogP contribution in [-0.2, 0) is 16.1 Å². The zero-order valence-electron chi connectivity index (χ0n) is 11.8. The average molecular weight is 278 g/mol. The van der Waals surface area contributed by atoms with Crippen molar-refractivity contribution in [1.82, 2.24) is 10.2 Å². The van der Waals surface area contributed by atoms with Gasteiger partial charge < -0.3 is 14.8 Å². The number of benzene rings is 1. The number of hydrogen-bond acceptors (Lipinski definition) is 5. The van der Waals surface area contributed by atoms with E-state index >= 15 is 0 Å². The van der Waals surface area contributed by atoms with Crippen LogP contribution in [0.4, 0.5) is 0 Å². The molecular formula is C14H18N2O4. The molecule has 1 aromatic carbocycles. The maximum absolute atomic E-state index is 11.8. The first-order valence-electron chi connectivity index (χ1n) is 6.31. The molecule has 2 rings (SSSR count). The van der Waals surface area contributed by atoms with Crippen LogP contribution in [0.1, 0.15) is 12.0 Å². The summed E-state index contributed by atoms with van der Waals surface area (Å²) in [6.45, 7) is 0.463. The number of imide groups is 1. The Labute approximate surface area is 117 Å². The Morgan fingerprint density at radius 1 is 1.20 bits per heavy atom. The number of likely N-dealkylation sites (N-methyl/N-ethyl adjacent to an activating group) is 1. The van der Waals surface area contributed by atoms with E-state index in [0.29, 0.717) is 18.0 Å². The number of likely N-dealkylation sites (tertiary alicyclic amines) is 1. The number of nitrogens with one attached hydrogen (secondary N) is 1. The summed E-state index contributed by atoms with van der Waals surface area (Å²) < 4.78 is 10.4. The van der Waals surface area contributed by atoms with Crippen LogP contribution in [0.2, 0.25) is 0 Å². The van der Waals surface area contributed by atoms with Crippen LogP contribution in [0.3, 0.4) is 0 Å². The Morgan fingerprint density at radius 3 is 2.25 bits per heavy atom. The van der Waals surface area contributed by atoms with E-state index in [1.807, 2.05) is 12.1 Å². The molecule has 0 aromatic heterocycles. The van der Waals surface area contributed by atoms with Gasteiger partial charge in [-0.2, -0.15) is 0 Å². The molecule has 1 N–H and O–H groups in total. The highest BCUT2D eigenvalue weighted by Gasteiger charge is 2.35.